The summed E-state index contributed by atoms with van der Waals surface area (Å²) in [7, 11) is 0. The lowest BCUT2D eigenvalue weighted by molar-refractivity contribution is 0.0697. The molecule has 90 valence electrons. The van der Waals surface area contributed by atoms with Crippen molar-refractivity contribution in [3.8, 4) is 5.82 Å². The largest absolute Gasteiger partial charge is 0.478 e. The zero-order valence-electron chi connectivity index (χ0n) is 9.84. The van der Waals surface area contributed by atoms with Gasteiger partial charge < -0.3 is 5.11 Å². The number of carboxylic acid groups (broad SMARTS) is 1. The van der Waals surface area contributed by atoms with E-state index in [1.165, 1.54) is 17.1 Å². The molecule has 0 aliphatic carbocycles. The van der Waals surface area contributed by atoms with Gasteiger partial charge in [0, 0.05) is 17.0 Å². The molecule has 0 atom stereocenters. The van der Waals surface area contributed by atoms with Crippen molar-refractivity contribution in [2.24, 2.45) is 0 Å². The highest BCUT2D eigenvalue weighted by Crippen LogP contribution is 2.26. The normalized spacial score (nSPS) is 11.7. The molecule has 0 fully saturated rings. The first kappa shape index (κ1) is 11.8. The summed E-state index contributed by atoms with van der Waals surface area (Å²) in [5.41, 5.74) is 0.154. The summed E-state index contributed by atoms with van der Waals surface area (Å²) >= 11 is 1.55. The molecule has 1 N–H and O–H groups in total. The fraction of sp³-hybridized carbons (Fsp3) is 0.364. The maximum atomic E-state index is 10.7. The number of aromatic nitrogens is 3. The molecule has 2 aromatic rings. The van der Waals surface area contributed by atoms with Crippen molar-refractivity contribution in [2.45, 2.75) is 26.2 Å². The number of carbonyl (C=O) groups is 1. The number of aromatic carboxylic acids is 1. The Bertz CT molecular complexity index is 551. The predicted molar refractivity (Wildman–Crippen MR) is 64.9 cm³/mol. The van der Waals surface area contributed by atoms with Crippen LogP contribution in [0.1, 0.15) is 36.1 Å². The van der Waals surface area contributed by atoms with Crippen LogP contribution in [0.5, 0.6) is 0 Å². The highest BCUT2D eigenvalue weighted by Gasteiger charge is 2.19. The van der Waals surface area contributed by atoms with Crippen LogP contribution in [-0.4, -0.2) is 25.8 Å². The molecule has 0 aliphatic rings. The third-order valence-corrected chi connectivity index (χ3v) is 3.45. The van der Waals surface area contributed by atoms with E-state index < -0.39 is 5.97 Å². The van der Waals surface area contributed by atoms with E-state index in [-0.39, 0.29) is 11.0 Å². The van der Waals surface area contributed by atoms with Crippen LogP contribution >= 0.6 is 11.3 Å². The molecule has 2 aromatic heterocycles. The van der Waals surface area contributed by atoms with Gasteiger partial charge in [-0.25, -0.2) is 14.5 Å². The highest BCUT2D eigenvalue weighted by atomic mass is 32.1. The maximum Gasteiger partial charge on any atom is 0.338 e. The van der Waals surface area contributed by atoms with Crippen molar-refractivity contribution in [3.63, 3.8) is 0 Å². The highest BCUT2D eigenvalue weighted by molar-refractivity contribution is 7.10. The van der Waals surface area contributed by atoms with Crippen molar-refractivity contribution in [2.75, 3.05) is 0 Å². The van der Waals surface area contributed by atoms with Crippen molar-refractivity contribution >= 4 is 17.3 Å². The number of thiazole rings is 1. The minimum absolute atomic E-state index is 0.00824. The monoisotopic (exact) mass is 251 g/mol. The second-order valence-electron chi connectivity index (χ2n) is 4.74. The van der Waals surface area contributed by atoms with Crippen LogP contribution < -0.4 is 0 Å². The SMILES string of the molecule is CC(C)(C)c1nc(-n2cc(C(=O)O)cn2)cs1. The van der Waals surface area contributed by atoms with E-state index in [4.69, 9.17) is 5.11 Å². The Labute approximate surface area is 103 Å². The minimum atomic E-state index is -0.984. The molecule has 0 unspecified atom stereocenters. The molecule has 0 aromatic carbocycles. The molecule has 0 aliphatic heterocycles. The summed E-state index contributed by atoms with van der Waals surface area (Å²) in [6.45, 7) is 6.25. The summed E-state index contributed by atoms with van der Waals surface area (Å²) in [5, 5.41) is 15.7. The molecule has 2 rings (SSSR count). The number of carboxylic acids is 1. The van der Waals surface area contributed by atoms with Gasteiger partial charge in [-0.05, 0) is 0 Å². The quantitative estimate of drug-likeness (QED) is 0.889. The molecule has 0 spiro atoms. The zero-order chi connectivity index (χ0) is 12.6. The summed E-state index contributed by atoms with van der Waals surface area (Å²) in [5.74, 6) is -0.324. The fourth-order valence-electron chi connectivity index (χ4n) is 1.27. The third kappa shape index (κ3) is 2.36. The number of hydrogen-bond acceptors (Lipinski definition) is 4. The van der Waals surface area contributed by atoms with Crippen molar-refractivity contribution in [1.82, 2.24) is 14.8 Å². The van der Waals surface area contributed by atoms with E-state index in [0.29, 0.717) is 5.82 Å². The molecule has 0 saturated carbocycles. The number of rotatable bonds is 2. The molecule has 17 heavy (non-hydrogen) atoms. The molecule has 0 saturated heterocycles. The predicted octanol–water partition coefficient (Wildman–Crippen LogP) is 2.32. The molecular weight excluding hydrogens is 238 g/mol. The van der Waals surface area contributed by atoms with Gasteiger partial charge in [-0.2, -0.15) is 5.10 Å². The van der Waals surface area contributed by atoms with E-state index >= 15 is 0 Å². The van der Waals surface area contributed by atoms with E-state index in [0.717, 1.165) is 5.01 Å². The van der Waals surface area contributed by atoms with Crippen LogP contribution in [0.2, 0.25) is 0 Å². The van der Waals surface area contributed by atoms with Gasteiger partial charge in [0.15, 0.2) is 5.82 Å². The van der Waals surface area contributed by atoms with Gasteiger partial charge in [-0.15, -0.1) is 11.3 Å². The molecular formula is C11H13N3O2S. The maximum absolute atomic E-state index is 10.7. The molecule has 5 nitrogen and oxygen atoms in total. The van der Waals surface area contributed by atoms with Crippen LogP contribution in [0, 0.1) is 0 Å². The lowest BCUT2D eigenvalue weighted by Crippen LogP contribution is -2.10. The van der Waals surface area contributed by atoms with Crippen LogP contribution in [0.15, 0.2) is 17.8 Å². The van der Waals surface area contributed by atoms with Gasteiger partial charge in [-0.3, -0.25) is 0 Å². The Morgan fingerprint density at radius 3 is 2.65 bits per heavy atom. The van der Waals surface area contributed by atoms with Gasteiger partial charge in [-0.1, -0.05) is 20.8 Å². The Balaban J connectivity index is 2.34. The Hall–Kier alpha value is -1.69. The summed E-state index contributed by atoms with van der Waals surface area (Å²) in [6, 6.07) is 0. The minimum Gasteiger partial charge on any atom is -0.478 e. The van der Waals surface area contributed by atoms with Gasteiger partial charge in [0.25, 0.3) is 0 Å². The van der Waals surface area contributed by atoms with Crippen LogP contribution in [0.3, 0.4) is 0 Å². The fourth-order valence-corrected chi connectivity index (χ4v) is 2.15. The van der Waals surface area contributed by atoms with Crippen LogP contribution in [-0.2, 0) is 5.41 Å². The van der Waals surface area contributed by atoms with E-state index in [2.05, 4.69) is 30.9 Å². The molecule has 0 amide bonds. The van der Waals surface area contributed by atoms with Crippen molar-refractivity contribution in [3.05, 3.63) is 28.3 Å². The average molecular weight is 251 g/mol. The number of nitrogens with zero attached hydrogens (tertiary/aromatic N) is 3. The second kappa shape index (κ2) is 3.96. The topological polar surface area (TPSA) is 68.0 Å². The summed E-state index contributed by atoms with van der Waals surface area (Å²) in [4.78, 5) is 15.2. The standard InChI is InChI=1S/C11H13N3O2S/c1-11(2,3)10-13-8(6-17-10)14-5-7(4-12-14)9(15)16/h4-6H,1-3H3,(H,15,16). The van der Waals surface area contributed by atoms with E-state index in [9.17, 15) is 4.79 Å². The second-order valence-corrected chi connectivity index (χ2v) is 5.60. The lowest BCUT2D eigenvalue weighted by Gasteiger charge is -2.13. The summed E-state index contributed by atoms with van der Waals surface area (Å²) in [6.07, 6.45) is 2.78. The van der Waals surface area contributed by atoms with Gasteiger partial charge in [0.2, 0.25) is 0 Å². The summed E-state index contributed by atoms with van der Waals surface area (Å²) < 4.78 is 1.48. The average Bonchev–Trinajstić information content (AvgIpc) is 2.85. The van der Waals surface area contributed by atoms with Gasteiger partial charge >= 0.3 is 5.97 Å². The third-order valence-electron chi connectivity index (χ3n) is 2.20. The van der Waals surface area contributed by atoms with E-state index in [1.54, 1.807) is 11.3 Å². The zero-order valence-corrected chi connectivity index (χ0v) is 10.7. The first-order chi connectivity index (χ1) is 7.88. The Kier molecular flexibility index (Phi) is 2.74. The van der Waals surface area contributed by atoms with Crippen LogP contribution in [0.4, 0.5) is 0 Å². The van der Waals surface area contributed by atoms with Crippen molar-refractivity contribution in [1.29, 1.82) is 0 Å². The molecule has 0 radical (unpaired) electrons. The van der Waals surface area contributed by atoms with Gasteiger partial charge in [0.05, 0.1) is 11.8 Å². The number of hydrogen-bond donors (Lipinski definition) is 1. The van der Waals surface area contributed by atoms with Crippen molar-refractivity contribution < 1.29 is 9.90 Å². The van der Waals surface area contributed by atoms with Crippen LogP contribution in [0.25, 0.3) is 5.82 Å². The molecule has 0 bridgehead atoms. The van der Waals surface area contributed by atoms with Gasteiger partial charge in [0.1, 0.15) is 5.01 Å². The first-order valence-corrected chi connectivity index (χ1v) is 6.00. The Morgan fingerprint density at radius 1 is 1.47 bits per heavy atom. The lowest BCUT2D eigenvalue weighted by atomic mass is 9.98. The first-order valence-electron chi connectivity index (χ1n) is 5.12. The Morgan fingerprint density at radius 2 is 2.18 bits per heavy atom. The smallest absolute Gasteiger partial charge is 0.338 e. The van der Waals surface area contributed by atoms with E-state index in [1.807, 2.05) is 5.38 Å². The molecule has 6 heteroatoms. The molecule has 2 heterocycles.